The summed E-state index contributed by atoms with van der Waals surface area (Å²) in [5, 5.41) is 3.68. The van der Waals surface area contributed by atoms with E-state index in [0.29, 0.717) is 29.7 Å². The molecule has 3 saturated carbocycles. The van der Waals surface area contributed by atoms with Crippen molar-refractivity contribution in [2.75, 3.05) is 19.6 Å². The Kier molecular flexibility index (Phi) is 11.1. The number of halogens is 2. The van der Waals surface area contributed by atoms with Crippen molar-refractivity contribution in [3.8, 4) is 0 Å². The largest absolute Gasteiger partial charge is 0.353 e. The molecule has 0 unspecified atom stereocenters. The Labute approximate surface area is 264 Å². The normalized spacial score (nSPS) is 25.1. The van der Waals surface area contributed by atoms with E-state index < -0.39 is 0 Å². The molecule has 1 saturated heterocycles. The Morgan fingerprint density at radius 2 is 1.27 bits per heavy atom. The molecule has 1 amide bonds. The summed E-state index contributed by atoms with van der Waals surface area (Å²) in [5.74, 6) is 2.91. The molecule has 0 radical (unpaired) electrons. The van der Waals surface area contributed by atoms with Crippen LogP contribution >= 0.6 is 0 Å². The number of carbonyl (C=O) groups is 1. The third kappa shape index (κ3) is 7.92. The number of hydrogen-bond acceptors (Lipinski definition) is 2. The molecular weight excluding hydrogens is 550 g/mol. The smallest absolute Gasteiger partial charge is 0.223 e. The molecule has 6 rings (SSSR count). The van der Waals surface area contributed by atoms with E-state index in [0.717, 1.165) is 55.8 Å². The van der Waals surface area contributed by atoms with E-state index in [4.69, 9.17) is 0 Å². The Morgan fingerprint density at radius 1 is 0.705 bits per heavy atom. The van der Waals surface area contributed by atoms with Crippen LogP contribution in [0.5, 0.6) is 0 Å². The summed E-state index contributed by atoms with van der Waals surface area (Å²) < 4.78 is 27.2. The highest BCUT2D eigenvalue weighted by Gasteiger charge is 2.44. The topological polar surface area (TPSA) is 32.3 Å². The molecular formula is C39H54F2N2O. The zero-order valence-electron chi connectivity index (χ0n) is 26.7. The van der Waals surface area contributed by atoms with Gasteiger partial charge in [-0.1, -0.05) is 75.6 Å². The maximum atomic E-state index is 13.9. The summed E-state index contributed by atoms with van der Waals surface area (Å²) in [6.07, 6.45) is 19.7. The van der Waals surface area contributed by atoms with Crippen LogP contribution in [-0.2, 0) is 4.79 Å². The number of benzene rings is 2. The van der Waals surface area contributed by atoms with Crippen molar-refractivity contribution < 1.29 is 13.6 Å². The van der Waals surface area contributed by atoms with Crippen LogP contribution in [0.2, 0.25) is 0 Å². The van der Waals surface area contributed by atoms with Gasteiger partial charge in [-0.2, -0.15) is 0 Å². The standard InChI is InChI=1S/C39H54F2N2O/c40-33-20-15-28(16-21-33)35(29-17-22-34(41)23-18-29)14-8-3-9-25-43-26-32-19-24-37(36(32)27-43)42-39(44)38(30-10-4-1-5-11-30)31-12-6-2-7-13-31/h15-18,20-23,30-32,35-38H,1-14,19,24-27H2,(H,42,44)/t32-,36+,37-/m0/s1. The number of fused-ring (bicyclic) bond motifs is 1. The van der Waals surface area contributed by atoms with Crippen LogP contribution < -0.4 is 5.32 Å². The molecule has 44 heavy (non-hydrogen) atoms. The summed E-state index contributed by atoms with van der Waals surface area (Å²) in [6.45, 7) is 3.43. The second-order valence-electron chi connectivity index (χ2n) is 14.7. The van der Waals surface area contributed by atoms with Gasteiger partial charge in [-0.3, -0.25) is 4.79 Å². The van der Waals surface area contributed by atoms with E-state index in [9.17, 15) is 13.6 Å². The molecule has 0 aromatic heterocycles. The van der Waals surface area contributed by atoms with Crippen LogP contribution in [0.3, 0.4) is 0 Å². The molecule has 2 aromatic rings. The highest BCUT2D eigenvalue weighted by molar-refractivity contribution is 5.79. The van der Waals surface area contributed by atoms with Crippen molar-refractivity contribution in [1.82, 2.24) is 10.2 Å². The SMILES string of the molecule is O=C(N[C@H]1CC[C@H]2CN(CCCCCC(c3ccc(F)cc3)c3ccc(F)cc3)C[C@H]21)C(C1CCCCC1)C1CCCCC1. The van der Waals surface area contributed by atoms with Crippen molar-refractivity contribution in [2.45, 2.75) is 115 Å². The molecule has 1 aliphatic heterocycles. The fraction of sp³-hybridized carbons (Fsp3) is 0.667. The van der Waals surface area contributed by atoms with Crippen LogP contribution in [-0.4, -0.2) is 36.5 Å². The number of unbranched alkanes of at least 4 members (excludes halogenated alkanes) is 2. The van der Waals surface area contributed by atoms with Crippen molar-refractivity contribution in [2.24, 2.45) is 29.6 Å². The lowest BCUT2D eigenvalue weighted by Gasteiger charge is -2.37. The molecule has 5 heteroatoms. The lowest BCUT2D eigenvalue weighted by molar-refractivity contribution is -0.131. The second kappa shape index (κ2) is 15.3. The Hall–Kier alpha value is -2.27. The van der Waals surface area contributed by atoms with Crippen LogP contribution in [0.15, 0.2) is 48.5 Å². The number of nitrogens with one attached hydrogen (secondary N) is 1. The zero-order chi connectivity index (χ0) is 30.3. The van der Waals surface area contributed by atoms with Crippen LogP contribution in [0.1, 0.15) is 120 Å². The molecule has 3 atom stereocenters. The first kappa shape index (κ1) is 31.7. The van der Waals surface area contributed by atoms with Gasteiger partial charge in [0.15, 0.2) is 0 Å². The van der Waals surface area contributed by atoms with Gasteiger partial charge in [-0.05, 0) is 117 Å². The van der Waals surface area contributed by atoms with Gasteiger partial charge in [-0.15, -0.1) is 0 Å². The highest BCUT2D eigenvalue weighted by Crippen LogP contribution is 2.42. The lowest BCUT2D eigenvalue weighted by atomic mass is 9.69. The predicted molar refractivity (Wildman–Crippen MR) is 174 cm³/mol. The molecule has 2 aromatic carbocycles. The summed E-state index contributed by atoms with van der Waals surface area (Å²) >= 11 is 0. The average Bonchev–Trinajstić information content (AvgIpc) is 3.62. The Morgan fingerprint density at radius 3 is 1.84 bits per heavy atom. The minimum atomic E-state index is -0.225. The second-order valence-corrected chi connectivity index (χ2v) is 14.7. The van der Waals surface area contributed by atoms with Crippen LogP contribution in [0, 0.1) is 41.2 Å². The fourth-order valence-electron chi connectivity index (χ4n) is 9.57. The first-order chi connectivity index (χ1) is 21.5. The molecule has 4 aliphatic rings. The average molecular weight is 605 g/mol. The molecule has 240 valence electrons. The van der Waals surface area contributed by atoms with Gasteiger partial charge in [-0.25, -0.2) is 8.78 Å². The van der Waals surface area contributed by atoms with Gasteiger partial charge in [0.05, 0.1) is 0 Å². The third-order valence-electron chi connectivity index (χ3n) is 11.9. The van der Waals surface area contributed by atoms with Crippen molar-refractivity contribution in [3.05, 3.63) is 71.3 Å². The van der Waals surface area contributed by atoms with E-state index in [1.54, 1.807) is 0 Å². The number of nitrogens with zero attached hydrogens (tertiary/aromatic N) is 1. The van der Waals surface area contributed by atoms with Crippen molar-refractivity contribution in [1.29, 1.82) is 0 Å². The molecule has 0 bridgehead atoms. The number of rotatable bonds is 12. The molecule has 3 aliphatic carbocycles. The van der Waals surface area contributed by atoms with Gasteiger partial charge < -0.3 is 10.2 Å². The van der Waals surface area contributed by atoms with E-state index in [-0.39, 0.29) is 23.5 Å². The van der Waals surface area contributed by atoms with E-state index in [2.05, 4.69) is 10.2 Å². The maximum Gasteiger partial charge on any atom is 0.223 e. The first-order valence-corrected chi connectivity index (χ1v) is 18.1. The predicted octanol–water partition coefficient (Wildman–Crippen LogP) is 9.26. The Balaban J connectivity index is 0.976. The summed E-state index contributed by atoms with van der Waals surface area (Å²) in [5.41, 5.74) is 2.18. The molecule has 1 N–H and O–H groups in total. The summed E-state index contributed by atoms with van der Waals surface area (Å²) in [6, 6.07) is 13.9. The Bertz CT molecular complexity index is 1110. The third-order valence-corrected chi connectivity index (χ3v) is 11.9. The van der Waals surface area contributed by atoms with Crippen LogP contribution in [0.25, 0.3) is 0 Å². The van der Waals surface area contributed by atoms with E-state index in [1.807, 2.05) is 24.3 Å². The molecule has 1 heterocycles. The van der Waals surface area contributed by atoms with Gasteiger partial charge in [0.2, 0.25) is 5.91 Å². The van der Waals surface area contributed by atoms with Gasteiger partial charge in [0, 0.05) is 31.0 Å². The minimum Gasteiger partial charge on any atom is -0.353 e. The van der Waals surface area contributed by atoms with Crippen molar-refractivity contribution in [3.63, 3.8) is 0 Å². The highest BCUT2D eigenvalue weighted by atomic mass is 19.1. The monoisotopic (exact) mass is 604 g/mol. The molecule has 4 fully saturated rings. The summed E-state index contributed by atoms with van der Waals surface area (Å²) in [7, 11) is 0. The van der Waals surface area contributed by atoms with Gasteiger partial charge in [0.25, 0.3) is 0 Å². The lowest BCUT2D eigenvalue weighted by Crippen LogP contribution is -2.47. The van der Waals surface area contributed by atoms with Crippen molar-refractivity contribution >= 4 is 5.91 Å². The van der Waals surface area contributed by atoms with E-state index in [1.165, 1.54) is 108 Å². The maximum absolute atomic E-state index is 13.9. The quantitative estimate of drug-likeness (QED) is 0.245. The number of hydrogen-bond donors (Lipinski definition) is 1. The zero-order valence-corrected chi connectivity index (χ0v) is 26.7. The minimum absolute atomic E-state index is 0.151. The molecule has 3 nitrogen and oxygen atoms in total. The number of amides is 1. The number of likely N-dealkylation sites (tertiary alicyclic amines) is 1. The fourth-order valence-corrected chi connectivity index (χ4v) is 9.57. The summed E-state index contributed by atoms with van der Waals surface area (Å²) in [4.78, 5) is 16.6. The van der Waals surface area contributed by atoms with Gasteiger partial charge >= 0.3 is 0 Å². The molecule has 0 spiro atoms. The van der Waals surface area contributed by atoms with E-state index >= 15 is 0 Å². The van der Waals surface area contributed by atoms with Crippen LogP contribution in [0.4, 0.5) is 8.78 Å². The van der Waals surface area contributed by atoms with Gasteiger partial charge in [0.1, 0.15) is 11.6 Å². The number of carbonyl (C=O) groups excluding carboxylic acids is 1. The first-order valence-electron chi connectivity index (χ1n) is 18.1.